The molecule has 0 atom stereocenters. The molecule has 18 heavy (non-hydrogen) atoms. The van der Waals surface area contributed by atoms with Crippen molar-refractivity contribution in [2.24, 2.45) is 5.73 Å². The van der Waals surface area contributed by atoms with E-state index < -0.39 is 0 Å². The minimum Gasteiger partial charge on any atom is -0.389 e. The first-order valence-electron chi connectivity index (χ1n) is 6.59. The van der Waals surface area contributed by atoms with Crippen molar-refractivity contribution in [3.63, 3.8) is 0 Å². The van der Waals surface area contributed by atoms with E-state index in [0.29, 0.717) is 11.0 Å². The average molecular weight is 263 g/mol. The predicted octanol–water partition coefficient (Wildman–Crippen LogP) is 2.71. The smallest absolute Gasteiger partial charge is 0.139 e. The van der Waals surface area contributed by atoms with Gasteiger partial charge in [-0.2, -0.15) is 0 Å². The summed E-state index contributed by atoms with van der Waals surface area (Å²) in [6.07, 6.45) is 3.62. The number of hydrogen-bond acceptors (Lipinski definition) is 3. The molecule has 3 nitrogen and oxygen atoms in total. The maximum absolute atomic E-state index is 5.88. The van der Waals surface area contributed by atoms with Crippen LogP contribution in [0.3, 0.4) is 0 Å². The van der Waals surface area contributed by atoms with Gasteiger partial charge in [0.2, 0.25) is 0 Å². The van der Waals surface area contributed by atoms with Crippen molar-refractivity contribution in [2.75, 3.05) is 11.4 Å². The topological polar surface area (TPSA) is 42.2 Å². The van der Waals surface area contributed by atoms with Crippen molar-refractivity contribution in [2.45, 2.75) is 46.1 Å². The van der Waals surface area contributed by atoms with Gasteiger partial charge in [0.05, 0.1) is 5.56 Å². The van der Waals surface area contributed by atoms with E-state index in [4.69, 9.17) is 22.9 Å². The molecule has 4 heteroatoms. The lowest BCUT2D eigenvalue weighted by Crippen LogP contribution is -2.31. The highest BCUT2D eigenvalue weighted by Crippen LogP contribution is 2.33. The highest BCUT2D eigenvalue weighted by atomic mass is 32.1. The zero-order valence-electron chi connectivity index (χ0n) is 11.4. The number of nitrogens with two attached hydrogens (primary N) is 1. The van der Waals surface area contributed by atoms with Crippen LogP contribution in [-0.4, -0.2) is 22.6 Å². The molecule has 0 spiro atoms. The Balaban J connectivity index is 2.48. The van der Waals surface area contributed by atoms with E-state index in [0.717, 1.165) is 35.6 Å². The van der Waals surface area contributed by atoms with Crippen LogP contribution < -0.4 is 10.6 Å². The van der Waals surface area contributed by atoms with E-state index >= 15 is 0 Å². The van der Waals surface area contributed by atoms with Gasteiger partial charge in [-0.25, -0.2) is 4.98 Å². The minimum absolute atomic E-state index is 0.455. The van der Waals surface area contributed by atoms with E-state index in [1.54, 1.807) is 0 Å². The summed E-state index contributed by atoms with van der Waals surface area (Å²) in [7, 11) is 0. The van der Waals surface area contributed by atoms with Crippen LogP contribution in [0.5, 0.6) is 0 Å². The third kappa shape index (κ3) is 2.64. The molecule has 0 radical (unpaired) electrons. The van der Waals surface area contributed by atoms with Crippen LogP contribution in [0.25, 0.3) is 0 Å². The molecular weight excluding hydrogens is 242 g/mol. The largest absolute Gasteiger partial charge is 0.389 e. The van der Waals surface area contributed by atoms with Gasteiger partial charge in [-0.3, -0.25) is 0 Å². The molecule has 1 fully saturated rings. The molecule has 0 aromatic carbocycles. The Kier molecular flexibility index (Phi) is 3.85. The molecule has 0 bridgehead atoms. The average Bonchev–Trinajstić information content (AvgIpc) is 3.07. The Morgan fingerprint density at radius 2 is 2.17 bits per heavy atom. The summed E-state index contributed by atoms with van der Waals surface area (Å²) in [5.74, 6) is 0.990. The second-order valence-electron chi connectivity index (χ2n) is 5.07. The van der Waals surface area contributed by atoms with Crippen LogP contribution in [0.2, 0.25) is 0 Å². The summed E-state index contributed by atoms with van der Waals surface area (Å²) in [5, 5.41) is 0. The number of nitrogens with zero attached hydrogens (tertiary/aromatic N) is 2. The summed E-state index contributed by atoms with van der Waals surface area (Å²) >= 11 is 5.20. The number of rotatable bonds is 5. The zero-order chi connectivity index (χ0) is 13.3. The van der Waals surface area contributed by atoms with Gasteiger partial charge >= 0.3 is 0 Å². The van der Waals surface area contributed by atoms with Gasteiger partial charge in [0, 0.05) is 18.3 Å². The molecule has 98 valence electrons. The lowest BCUT2D eigenvalue weighted by molar-refractivity contribution is 0.747. The summed E-state index contributed by atoms with van der Waals surface area (Å²) in [5.41, 5.74) is 9.00. The number of aromatic nitrogens is 1. The number of aryl methyl sites for hydroxylation is 2. The Hall–Kier alpha value is -1.16. The molecule has 1 heterocycles. The highest BCUT2D eigenvalue weighted by Gasteiger charge is 2.31. The minimum atomic E-state index is 0.455. The van der Waals surface area contributed by atoms with Crippen molar-refractivity contribution in [3.05, 3.63) is 22.9 Å². The van der Waals surface area contributed by atoms with Gasteiger partial charge in [0.1, 0.15) is 10.8 Å². The number of thiocarbonyl (C=S) groups is 1. The zero-order valence-corrected chi connectivity index (χ0v) is 12.2. The van der Waals surface area contributed by atoms with Crippen LogP contribution in [0.4, 0.5) is 5.82 Å². The molecule has 0 aliphatic heterocycles. The Morgan fingerprint density at radius 3 is 2.67 bits per heavy atom. The van der Waals surface area contributed by atoms with E-state index in [1.165, 1.54) is 12.8 Å². The summed E-state index contributed by atoms with van der Waals surface area (Å²) in [6, 6.07) is 2.68. The maximum atomic E-state index is 5.88. The van der Waals surface area contributed by atoms with Crippen LogP contribution in [0.1, 0.15) is 43.0 Å². The second-order valence-corrected chi connectivity index (χ2v) is 5.51. The van der Waals surface area contributed by atoms with Gasteiger partial charge in [-0.15, -0.1) is 0 Å². The Bertz CT molecular complexity index is 466. The molecule has 2 rings (SSSR count). The van der Waals surface area contributed by atoms with E-state index in [9.17, 15) is 0 Å². The second kappa shape index (κ2) is 5.22. The van der Waals surface area contributed by atoms with Gasteiger partial charge in [0.15, 0.2) is 0 Å². The first-order valence-corrected chi connectivity index (χ1v) is 7.00. The SMILES string of the molecule is CCCN(c1nc(C)cc(C)c1C(N)=S)C1CC1. The third-order valence-electron chi connectivity index (χ3n) is 3.30. The quantitative estimate of drug-likeness (QED) is 0.829. The maximum Gasteiger partial charge on any atom is 0.139 e. The fourth-order valence-corrected chi connectivity index (χ4v) is 2.67. The number of anilines is 1. The van der Waals surface area contributed by atoms with E-state index in [2.05, 4.69) is 24.8 Å². The van der Waals surface area contributed by atoms with Crippen molar-refractivity contribution in [1.82, 2.24) is 4.98 Å². The molecule has 1 aliphatic rings. The fourth-order valence-electron chi connectivity index (χ4n) is 2.42. The van der Waals surface area contributed by atoms with Crippen molar-refractivity contribution < 1.29 is 0 Å². The molecule has 0 unspecified atom stereocenters. The number of hydrogen-bond donors (Lipinski definition) is 1. The molecule has 0 saturated heterocycles. The Morgan fingerprint density at radius 1 is 1.50 bits per heavy atom. The molecule has 1 saturated carbocycles. The Labute approximate surface area is 114 Å². The first kappa shape index (κ1) is 13.3. The van der Waals surface area contributed by atoms with Crippen molar-refractivity contribution >= 4 is 23.0 Å². The summed E-state index contributed by atoms with van der Waals surface area (Å²) in [6.45, 7) is 7.30. The molecule has 1 aliphatic carbocycles. The van der Waals surface area contributed by atoms with E-state index in [1.807, 2.05) is 6.92 Å². The first-order chi connectivity index (χ1) is 8.54. The molecule has 1 aromatic heterocycles. The molecule has 2 N–H and O–H groups in total. The normalized spacial score (nSPS) is 14.6. The fraction of sp³-hybridized carbons (Fsp3) is 0.571. The summed E-state index contributed by atoms with van der Waals surface area (Å²) < 4.78 is 0. The lowest BCUT2D eigenvalue weighted by atomic mass is 10.1. The van der Waals surface area contributed by atoms with Gasteiger partial charge in [-0.05, 0) is 44.7 Å². The third-order valence-corrected chi connectivity index (χ3v) is 3.50. The standard InChI is InChI=1S/C14H21N3S/c1-4-7-17(11-5-6-11)14-12(13(15)18)9(2)8-10(3)16-14/h8,11H,4-7H2,1-3H3,(H2,15,18). The monoisotopic (exact) mass is 263 g/mol. The molecule has 1 aromatic rings. The molecular formula is C14H21N3S. The van der Waals surface area contributed by atoms with Gasteiger partial charge in [-0.1, -0.05) is 19.1 Å². The van der Waals surface area contributed by atoms with Crippen molar-refractivity contribution in [3.8, 4) is 0 Å². The predicted molar refractivity (Wildman–Crippen MR) is 80.3 cm³/mol. The van der Waals surface area contributed by atoms with Crippen LogP contribution in [0.15, 0.2) is 6.07 Å². The van der Waals surface area contributed by atoms with E-state index in [-0.39, 0.29) is 0 Å². The van der Waals surface area contributed by atoms with Gasteiger partial charge in [0.25, 0.3) is 0 Å². The van der Waals surface area contributed by atoms with Crippen LogP contribution >= 0.6 is 12.2 Å². The van der Waals surface area contributed by atoms with Crippen LogP contribution in [-0.2, 0) is 0 Å². The highest BCUT2D eigenvalue weighted by molar-refractivity contribution is 7.80. The molecule has 0 amide bonds. The number of pyridine rings is 1. The van der Waals surface area contributed by atoms with Crippen molar-refractivity contribution in [1.29, 1.82) is 0 Å². The lowest BCUT2D eigenvalue weighted by Gasteiger charge is -2.26. The van der Waals surface area contributed by atoms with Gasteiger partial charge < -0.3 is 10.6 Å². The summed E-state index contributed by atoms with van der Waals surface area (Å²) in [4.78, 5) is 7.53. The van der Waals surface area contributed by atoms with Crippen LogP contribution in [0, 0.1) is 13.8 Å².